The van der Waals surface area contributed by atoms with Gasteiger partial charge in [-0.05, 0) is 93.8 Å². The topological polar surface area (TPSA) is 109 Å². The van der Waals surface area contributed by atoms with Gasteiger partial charge in [0.2, 0.25) is 5.91 Å². The average Bonchev–Trinajstić information content (AvgIpc) is 3.17. The summed E-state index contributed by atoms with van der Waals surface area (Å²) in [6, 6.07) is 17.6. The molecule has 1 aliphatic heterocycles. The van der Waals surface area contributed by atoms with Crippen LogP contribution in [0.1, 0.15) is 22.3 Å². The van der Waals surface area contributed by atoms with E-state index in [0.717, 1.165) is 27.8 Å². The minimum atomic E-state index is -0.570. The molecule has 0 atom stereocenters. The number of carbonyl (C=O) groups excluding carboxylic acids is 3. The smallest absolute Gasteiger partial charge is 0.294 e. The summed E-state index contributed by atoms with van der Waals surface area (Å²) in [6.45, 7) is 1.63. The summed E-state index contributed by atoms with van der Waals surface area (Å²) >= 11 is 10.2. The molecule has 11 heteroatoms. The molecule has 1 saturated heterocycles. The van der Waals surface area contributed by atoms with Gasteiger partial charge >= 0.3 is 0 Å². The molecule has 39 heavy (non-hydrogen) atoms. The summed E-state index contributed by atoms with van der Waals surface area (Å²) in [5.74, 6) is -0.212. The normalized spacial score (nSPS) is 13.9. The van der Waals surface area contributed by atoms with Gasteiger partial charge in [-0.2, -0.15) is 5.26 Å². The molecule has 1 fully saturated rings. The zero-order valence-electron chi connectivity index (χ0n) is 20.8. The zero-order valence-corrected chi connectivity index (χ0v) is 23.9. The van der Waals surface area contributed by atoms with Crippen LogP contribution in [0.25, 0.3) is 6.08 Å². The Labute approximate surface area is 242 Å². The summed E-state index contributed by atoms with van der Waals surface area (Å²) < 4.78 is 12.0. The van der Waals surface area contributed by atoms with Crippen LogP contribution >= 0.6 is 39.3 Å². The van der Waals surface area contributed by atoms with Crippen LogP contribution in [0.4, 0.5) is 10.5 Å². The van der Waals surface area contributed by atoms with Crippen molar-refractivity contribution >= 4 is 68.1 Å². The Hall–Kier alpha value is -3.78. The van der Waals surface area contributed by atoms with Crippen LogP contribution in [0.5, 0.6) is 11.5 Å². The number of benzene rings is 3. The number of carbonyl (C=O) groups is 3. The molecule has 0 saturated carbocycles. The number of rotatable bonds is 8. The fraction of sp³-hybridized carbons (Fsp3) is 0.143. The van der Waals surface area contributed by atoms with Crippen molar-refractivity contribution in [1.82, 2.24) is 4.90 Å². The molecule has 0 unspecified atom stereocenters. The maximum absolute atomic E-state index is 13.0. The van der Waals surface area contributed by atoms with Crippen molar-refractivity contribution in [2.45, 2.75) is 13.5 Å². The molecule has 3 aromatic carbocycles. The van der Waals surface area contributed by atoms with Gasteiger partial charge in [0.25, 0.3) is 11.1 Å². The fourth-order valence-electron chi connectivity index (χ4n) is 3.64. The van der Waals surface area contributed by atoms with Crippen LogP contribution in [-0.2, 0) is 16.2 Å². The SMILES string of the molecule is COc1cc(/C=C2/SC(=O)N(CC(=O)Nc3cc(Cl)ccc3C)C2=O)cc(Br)c1OCc1ccc(C#N)cc1. The lowest BCUT2D eigenvalue weighted by Crippen LogP contribution is -2.36. The summed E-state index contributed by atoms with van der Waals surface area (Å²) in [7, 11) is 1.49. The molecular weight excluding hydrogens is 606 g/mol. The Morgan fingerprint density at radius 1 is 1.18 bits per heavy atom. The summed E-state index contributed by atoms with van der Waals surface area (Å²) in [6.07, 6.45) is 1.56. The predicted molar refractivity (Wildman–Crippen MR) is 154 cm³/mol. The van der Waals surface area contributed by atoms with E-state index in [9.17, 15) is 14.4 Å². The second-order valence-corrected chi connectivity index (χ2v) is 10.7. The van der Waals surface area contributed by atoms with E-state index in [1.807, 2.05) is 6.92 Å². The van der Waals surface area contributed by atoms with E-state index in [1.54, 1.807) is 60.7 Å². The first-order valence-corrected chi connectivity index (χ1v) is 13.5. The van der Waals surface area contributed by atoms with Gasteiger partial charge in [0, 0.05) is 10.7 Å². The Bertz CT molecular complexity index is 1540. The van der Waals surface area contributed by atoms with Crippen molar-refractivity contribution in [3.8, 4) is 17.6 Å². The van der Waals surface area contributed by atoms with Crippen LogP contribution in [0, 0.1) is 18.3 Å². The van der Waals surface area contributed by atoms with E-state index in [2.05, 4.69) is 27.3 Å². The Kier molecular flexibility index (Phi) is 8.97. The van der Waals surface area contributed by atoms with Gasteiger partial charge < -0.3 is 14.8 Å². The summed E-state index contributed by atoms with van der Waals surface area (Å²) in [5, 5.41) is 11.6. The highest BCUT2D eigenvalue weighted by atomic mass is 79.9. The van der Waals surface area contributed by atoms with Crippen LogP contribution in [0.3, 0.4) is 0 Å². The molecule has 3 amide bonds. The molecular formula is C28H21BrClN3O5S. The first-order chi connectivity index (χ1) is 18.7. The minimum absolute atomic E-state index is 0.173. The molecule has 0 aliphatic carbocycles. The van der Waals surface area contributed by atoms with Gasteiger partial charge in [0.15, 0.2) is 11.5 Å². The summed E-state index contributed by atoms with van der Waals surface area (Å²) in [4.78, 5) is 39.2. The number of thioether (sulfide) groups is 1. The number of ether oxygens (including phenoxy) is 2. The highest BCUT2D eigenvalue weighted by Crippen LogP contribution is 2.39. The lowest BCUT2D eigenvalue weighted by atomic mass is 10.1. The maximum atomic E-state index is 13.0. The number of aryl methyl sites for hydroxylation is 1. The van der Waals surface area contributed by atoms with Crippen molar-refractivity contribution < 1.29 is 23.9 Å². The minimum Gasteiger partial charge on any atom is -0.493 e. The molecule has 0 radical (unpaired) electrons. The first-order valence-electron chi connectivity index (χ1n) is 11.5. The standard InChI is InChI=1S/C28H21BrClN3O5S/c1-16-3-8-20(30)12-22(16)32-25(34)14-33-27(35)24(39-28(33)36)11-19-9-21(29)26(23(10-19)37-2)38-15-18-6-4-17(13-31)5-7-18/h3-12H,14-15H2,1-2H3,(H,32,34)/b24-11+. The van der Waals surface area contributed by atoms with Gasteiger partial charge in [-0.1, -0.05) is 29.8 Å². The van der Waals surface area contributed by atoms with E-state index < -0.39 is 23.6 Å². The van der Waals surface area contributed by atoms with Gasteiger partial charge in [0.05, 0.1) is 28.1 Å². The second-order valence-electron chi connectivity index (χ2n) is 8.41. The molecule has 1 aliphatic rings. The highest BCUT2D eigenvalue weighted by molar-refractivity contribution is 9.10. The van der Waals surface area contributed by atoms with Crippen LogP contribution < -0.4 is 14.8 Å². The van der Waals surface area contributed by atoms with E-state index in [-0.39, 0.29) is 11.5 Å². The second kappa shape index (κ2) is 12.4. The average molecular weight is 627 g/mol. The number of hydrogen-bond acceptors (Lipinski definition) is 7. The quantitative estimate of drug-likeness (QED) is 0.283. The van der Waals surface area contributed by atoms with E-state index in [0.29, 0.717) is 37.8 Å². The largest absolute Gasteiger partial charge is 0.493 e. The molecule has 8 nitrogen and oxygen atoms in total. The number of anilines is 1. The monoisotopic (exact) mass is 625 g/mol. The Morgan fingerprint density at radius 2 is 1.92 bits per heavy atom. The van der Waals surface area contributed by atoms with Crippen LogP contribution in [0.15, 0.2) is 64.0 Å². The van der Waals surface area contributed by atoms with Crippen molar-refractivity contribution in [3.05, 3.63) is 91.3 Å². The third-order valence-electron chi connectivity index (χ3n) is 5.66. The Balaban J connectivity index is 1.47. The lowest BCUT2D eigenvalue weighted by molar-refractivity contribution is -0.127. The predicted octanol–water partition coefficient (Wildman–Crippen LogP) is 6.55. The van der Waals surface area contributed by atoms with Gasteiger partial charge in [0.1, 0.15) is 13.2 Å². The van der Waals surface area contributed by atoms with Crippen molar-refractivity contribution in [2.24, 2.45) is 0 Å². The number of halogens is 2. The molecule has 0 bridgehead atoms. The number of amides is 3. The number of nitrogens with one attached hydrogen (secondary N) is 1. The molecule has 4 rings (SSSR count). The van der Waals surface area contributed by atoms with Gasteiger partial charge in [-0.25, -0.2) is 0 Å². The third-order valence-corrected chi connectivity index (χ3v) is 7.40. The molecule has 1 N–H and O–H groups in total. The molecule has 0 aromatic heterocycles. The number of methoxy groups -OCH3 is 1. The third kappa shape index (κ3) is 6.81. The van der Waals surface area contributed by atoms with Crippen molar-refractivity contribution in [2.75, 3.05) is 19.0 Å². The number of hydrogen-bond donors (Lipinski definition) is 1. The lowest BCUT2D eigenvalue weighted by Gasteiger charge is -2.14. The van der Waals surface area contributed by atoms with Crippen LogP contribution in [-0.4, -0.2) is 35.6 Å². The van der Waals surface area contributed by atoms with Gasteiger partial charge in [-0.15, -0.1) is 0 Å². The van der Waals surface area contributed by atoms with E-state index in [4.69, 9.17) is 26.3 Å². The zero-order chi connectivity index (χ0) is 28.1. The van der Waals surface area contributed by atoms with Crippen LogP contribution in [0.2, 0.25) is 5.02 Å². The fourth-order valence-corrected chi connectivity index (χ4v) is 5.23. The number of nitriles is 1. The highest BCUT2D eigenvalue weighted by Gasteiger charge is 2.36. The molecule has 1 heterocycles. The van der Waals surface area contributed by atoms with Crippen molar-refractivity contribution in [3.63, 3.8) is 0 Å². The maximum Gasteiger partial charge on any atom is 0.294 e. The molecule has 3 aromatic rings. The van der Waals surface area contributed by atoms with E-state index >= 15 is 0 Å². The molecule has 0 spiro atoms. The Morgan fingerprint density at radius 3 is 2.62 bits per heavy atom. The summed E-state index contributed by atoms with van der Waals surface area (Å²) in [5.41, 5.74) is 3.33. The first kappa shape index (κ1) is 28.2. The number of imide groups is 1. The van der Waals surface area contributed by atoms with E-state index in [1.165, 1.54) is 7.11 Å². The molecule has 198 valence electrons. The van der Waals surface area contributed by atoms with Gasteiger partial charge in [-0.3, -0.25) is 19.3 Å². The number of nitrogens with zero attached hydrogens (tertiary/aromatic N) is 2. The van der Waals surface area contributed by atoms with Crippen molar-refractivity contribution in [1.29, 1.82) is 5.26 Å².